The van der Waals surface area contributed by atoms with Crippen LogP contribution in [0, 0.1) is 6.92 Å². The van der Waals surface area contributed by atoms with E-state index in [1.807, 2.05) is 13.8 Å². The van der Waals surface area contributed by atoms with E-state index < -0.39 is 10.0 Å². The third-order valence-electron chi connectivity index (χ3n) is 3.39. The van der Waals surface area contributed by atoms with E-state index in [0.717, 1.165) is 0 Å². The molecule has 7 nitrogen and oxygen atoms in total. The van der Waals surface area contributed by atoms with Gasteiger partial charge in [-0.3, -0.25) is 4.72 Å². The van der Waals surface area contributed by atoms with Crippen LogP contribution < -0.4 is 4.72 Å². The van der Waals surface area contributed by atoms with E-state index in [4.69, 9.17) is 4.42 Å². The van der Waals surface area contributed by atoms with Gasteiger partial charge in [0, 0.05) is 17.2 Å². The topological polar surface area (TPSA) is 101 Å². The highest BCUT2D eigenvalue weighted by atomic mass is 32.2. The first-order valence-corrected chi connectivity index (χ1v) is 8.94. The lowest BCUT2D eigenvalue weighted by Crippen LogP contribution is -2.13. The zero-order chi connectivity index (χ0) is 17.3. The zero-order valence-electron chi connectivity index (χ0n) is 13.6. The van der Waals surface area contributed by atoms with E-state index in [1.165, 1.54) is 6.20 Å². The molecule has 0 atom stereocenters. The van der Waals surface area contributed by atoms with Crippen molar-refractivity contribution in [3.8, 4) is 11.5 Å². The van der Waals surface area contributed by atoms with Crippen molar-refractivity contribution in [3.63, 3.8) is 0 Å². The number of nitrogens with zero attached hydrogens (tertiary/aromatic N) is 2. The SMILES string of the molecule is Cc1cnc(-c2cccc(NS(=O)(=O)c3cnc(C(C)C)[nH]3)c2)o1. The Morgan fingerprint density at radius 2 is 2.00 bits per heavy atom. The lowest BCUT2D eigenvalue weighted by molar-refractivity contribution is 0.542. The summed E-state index contributed by atoms with van der Waals surface area (Å²) >= 11 is 0. The molecule has 0 radical (unpaired) electrons. The number of oxazole rings is 1. The molecule has 0 aliphatic rings. The lowest BCUT2D eigenvalue weighted by atomic mass is 10.2. The van der Waals surface area contributed by atoms with Crippen LogP contribution in [0.15, 0.2) is 46.1 Å². The maximum atomic E-state index is 12.5. The molecule has 0 amide bonds. The quantitative estimate of drug-likeness (QED) is 0.738. The van der Waals surface area contributed by atoms with Crippen LogP contribution in [0.3, 0.4) is 0 Å². The molecule has 2 aromatic heterocycles. The van der Waals surface area contributed by atoms with Crippen LogP contribution in [0.2, 0.25) is 0 Å². The van der Waals surface area contributed by atoms with Crippen LogP contribution in [0.5, 0.6) is 0 Å². The van der Waals surface area contributed by atoms with E-state index in [-0.39, 0.29) is 10.9 Å². The lowest BCUT2D eigenvalue weighted by Gasteiger charge is -2.07. The maximum absolute atomic E-state index is 12.5. The fraction of sp³-hybridized carbons (Fsp3) is 0.250. The highest BCUT2D eigenvalue weighted by molar-refractivity contribution is 7.92. The van der Waals surface area contributed by atoms with Gasteiger partial charge in [0.25, 0.3) is 10.0 Å². The highest BCUT2D eigenvalue weighted by Gasteiger charge is 2.18. The van der Waals surface area contributed by atoms with Gasteiger partial charge in [-0.15, -0.1) is 0 Å². The predicted octanol–water partition coefficient (Wildman–Crippen LogP) is 3.30. The number of hydrogen-bond donors (Lipinski definition) is 2. The number of aromatic nitrogens is 3. The second-order valence-corrected chi connectivity index (χ2v) is 7.40. The van der Waals surface area contributed by atoms with Crippen LogP contribution >= 0.6 is 0 Å². The van der Waals surface area contributed by atoms with Crippen molar-refractivity contribution in [1.29, 1.82) is 0 Å². The Morgan fingerprint density at radius 1 is 1.21 bits per heavy atom. The molecule has 0 fully saturated rings. The van der Waals surface area contributed by atoms with Crippen molar-refractivity contribution in [2.75, 3.05) is 4.72 Å². The zero-order valence-corrected chi connectivity index (χ0v) is 14.4. The molecule has 0 aliphatic heterocycles. The number of sulfonamides is 1. The minimum atomic E-state index is -3.74. The molecule has 0 saturated carbocycles. The monoisotopic (exact) mass is 346 g/mol. The Labute approximate surface area is 140 Å². The van der Waals surface area contributed by atoms with Gasteiger partial charge in [-0.25, -0.2) is 9.97 Å². The molecule has 2 heterocycles. The molecule has 0 unspecified atom stereocenters. The number of H-pyrrole nitrogens is 1. The molecule has 3 rings (SSSR count). The van der Waals surface area contributed by atoms with Crippen LogP contribution in [0.4, 0.5) is 5.69 Å². The summed E-state index contributed by atoms with van der Waals surface area (Å²) in [6, 6.07) is 6.87. The van der Waals surface area contributed by atoms with Gasteiger partial charge in [0.15, 0.2) is 5.03 Å². The average Bonchev–Trinajstić information content (AvgIpc) is 3.16. The average molecular weight is 346 g/mol. The number of imidazole rings is 1. The van der Waals surface area contributed by atoms with E-state index in [0.29, 0.717) is 28.7 Å². The summed E-state index contributed by atoms with van der Waals surface area (Å²) in [5.74, 6) is 1.87. The first-order chi connectivity index (χ1) is 11.3. The number of rotatable bonds is 5. The molecule has 8 heteroatoms. The molecule has 126 valence electrons. The van der Waals surface area contributed by atoms with Gasteiger partial charge < -0.3 is 9.40 Å². The van der Waals surface area contributed by atoms with E-state index in [2.05, 4.69) is 19.7 Å². The molecule has 0 saturated heterocycles. The fourth-order valence-electron chi connectivity index (χ4n) is 2.16. The number of aryl methyl sites for hydroxylation is 1. The minimum absolute atomic E-state index is 0.0311. The van der Waals surface area contributed by atoms with E-state index in [9.17, 15) is 8.42 Å². The van der Waals surface area contributed by atoms with Crippen molar-refractivity contribution in [1.82, 2.24) is 15.0 Å². The van der Waals surface area contributed by atoms with Gasteiger partial charge >= 0.3 is 0 Å². The van der Waals surface area contributed by atoms with Gasteiger partial charge in [-0.1, -0.05) is 19.9 Å². The molecule has 24 heavy (non-hydrogen) atoms. The Morgan fingerprint density at radius 3 is 2.62 bits per heavy atom. The molecular formula is C16H18N4O3S. The largest absolute Gasteiger partial charge is 0.441 e. The number of benzene rings is 1. The summed E-state index contributed by atoms with van der Waals surface area (Å²) < 4.78 is 32.9. The molecule has 0 spiro atoms. The molecule has 0 aliphatic carbocycles. The second kappa shape index (κ2) is 6.12. The summed E-state index contributed by atoms with van der Waals surface area (Å²) in [7, 11) is -3.74. The summed E-state index contributed by atoms with van der Waals surface area (Å²) in [5, 5.41) is 0.0311. The van der Waals surface area contributed by atoms with Gasteiger partial charge in [-0.05, 0) is 25.1 Å². The maximum Gasteiger partial charge on any atom is 0.278 e. The molecule has 0 bridgehead atoms. The highest BCUT2D eigenvalue weighted by Crippen LogP contribution is 2.24. The first kappa shape index (κ1) is 16.3. The summed E-state index contributed by atoms with van der Waals surface area (Å²) in [5.41, 5.74) is 1.11. The van der Waals surface area contributed by atoms with Crippen molar-refractivity contribution in [2.24, 2.45) is 0 Å². The van der Waals surface area contributed by atoms with Crippen molar-refractivity contribution in [3.05, 3.63) is 48.2 Å². The van der Waals surface area contributed by atoms with Gasteiger partial charge in [0.05, 0.1) is 12.4 Å². The van der Waals surface area contributed by atoms with Crippen molar-refractivity contribution < 1.29 is 12.8 Å². The van der Waals surface area contributed by atoms with Crippen LogP contribution in [0.1, 0.15) is 31.4 Å². The van der Waals surface area contributed by atoms with Crippen LogP contribution in [-0.4, -0.2) is 23.4 Å². The van der Waals surface area contributed by atoms with E-state index >= 15 is 0 Å². The number of hydrogen-bond acceptors (Lipinski definition) is 5. The van der Waals surface area contributed by atoms with Crippen molar-refractivity contribution >= 4 is 15.7 Å². The normalized spacial score (nSPS) is 11.8. The fourth-order valence-corrected chi connectivity index (χ4v) is 3.14. The Balaban J connectivity index is 1.87. The summed E-state index contributed by atoms with van der Waals surface area (Å²) in [4.78, 5) is 11.1. The first-order valence-electron chi connectivity index (χ1n) is 7.46. The summed E-state index contributed by atoms with van der Waals surface area (Å²) in [6.45, 7) is 5.67. The number of aromatic amines is 1. The smallest absolute Gasteiger partial charge is 0.278 e. The van der Waals surface area contributed by atoms with E-state index in [1.54, 1.807) is 37.4 Å². The van der Waals surface area contributed by atoms with Crippen LogP contribution in [0.25, 0.3) is 11.5 Å². The number of anilines is 1. The molecule has 1 aromatic carbocycles. The minimum Gasteiger partial charge on any atom is -0.441 e. The summed E-state index contributed by atoms with van der Waals surface area (Å²) in [6.07, 6.45) is 2.93. The Bertz CT molecular complexity index is 957. The molecule has 3 aromatic rings. The third kappa shape index (κ3) is 3.33. The Kier molecular flexibility index (Phi) is 4.15. The standard InChI is InChI=1S/C16H18N4O3S/c1-10(2)15-17-9-14(19-15)24(21,22)20-13-6-4-5-12(7-13)16-18-8-11(3)23-16/h4-10,20H,1-3H3,(H,17,19). The predicted molar refractivity (Wildman–Crippen MR) is 90.2 cm³/mol. The van der Waals surface area contributed by atoms with Gasteiger partial charge in [0.1, 0.15) is 11.6 Å². The number of nitrogens with one attached hydrogen (secondary N) is 2. The van der Waals surface area contributed by atoms with Gasteiger partial charge in [-0.2, -0.15) is 8.42 Å². The second-order valence-electron chi connectivity index (χ2n) is 5.75. The van der Waals surface area contributed by atoms with Gasteiger partial charge in [0.2, 0.25) is 5.89 Å². The third-order valence-corrected chi connectivity index (χ3v) is 4.68. The van der Waals surface area contributed by atoms with Crippen LogP contribution in [-0.2, 0) is 10.0 Å². The molecular weight excluding hydrogens is 328 g/mol. The Hall–Kier alpha value is -2.61. The molecule has 2 N–H and O–H groups in total. The van der Waals surface area contributed by atoms with Crippen molar-refractivity contribution in [2.45, 2.75) is 31.7 Å².